The van der Waals surface area contributed by atoms with Crippen LogP contribution in [-0.4, -0.2) is 10.5 Å². The van der Waals surface area contributed by atoms with Crippen molar-refractivity contribution in [3.8, 4) is 5.69 Å². The number of hydrogen-bond donors (Lipinski definition) is 1. The van der Waals surface area contributed by atoms with Crippen LogP contribution in [0.25, 0.3) is 5.69 Å². The molecule has 4 rings (SSSR count). The molecular formula is C26H24N2O2. The molecule has 0 radical (unpaired) electrons. The van der Waals surface area contributed by atoms with E-state index in [2.05, 4.69) is 28.1 Å². The lowest BCUT2D eigenvalue weighted by Gasteiger charge is -2.11. The van der Waals surface area contributed by atoms with Crippen molar-refractivity contribution in [3.05, 3.63) is 126 Å². The van der Waals surface area contributed by atoms with Gasteiger partial charge in [0.1, 0.15) is 6.61 Å². The molecule has 150 valence electrons. The third kappa shape index (κ3) is 5.04. The lowest BCUT2D eigenvalue weighted by Crippen LogP contribution is -2.15. The maximum atomic E-state index is 12.3. The van der Waals surface area contributed by atoms with Crippen molar-refractivity contribution in [2.24, 2.45) is 0 Å². The van der Waals surface area contributed by atoms with E-state index in [0.717, 1.165) is 30.0 Å². The molecule has 1 aromatic heterocycles. The third-order valence-corrected chi connectivity index (χ3v) is 4.91. The number of benzene rings is 3. The van der Waals surface area contributed by atoms with Crippen LogP contribution in [0.4, 0.5) is 0 Å². The Morgan fingerprint density at radius 1 is 0.733 bits per heavy atom. The van der Waals surface area contributed by atoms with Gasteiger partial charge < -0.3 is 14.6 Å². The summed E-state index contributed by atoms with van der Waals surface area (Å²) >= 11 is 0. The summed E-state index contributed by atoms with van der Waals surface area (Å²) in [6.45, 7) is 1.84. The molecule has 4 heteroatoms. The second-order valence-electron chi connectivity index (χ2n) is 7.07. The predicted molar refractivity (Wildman–Crippen MR) is 118 cm³/mol. The Hall–Kier alpha value is -3.63. The first-order valence-corrected chi connectivity index (χ1v) is 10.0. The fourth-order valence-corrected chi connectivity index (χ4v) is 3.31. The predicted octanol–water partition coefficient (Wildman–Crippen LogP) is 5.12. The normalized spacial score (nSPS) is 10.7. The Bertz CT molecular complexity index is 1070. The Kier molecular flexibility index (Phi) is 6.38. The monoisotopic (exact) mass is 396 g/mol. The van der Waals surface area contributed by atoms with Crippen molar-refractivity contribution in [2.45, 2.75) is 19.7 Å². The third-order valence-electron chi connectivity index (χ3n) is 4.91. The number of carbonyl (C=O) groups is 1. The number of rotatable bonds is 8. The Morgan fingerprint density at radius 2 is 1.40 bits per heavy atom. The molecule has 0 saturated heterocycles. The molecule has 30 heavy (non-hydrogen) atoms. The fraction of sp³-hybridized carbons (Fsp3) is 0.115. The van der Waals surface area contributed by atoms with E-state index in [-0.39, 0.29) is 12.6 Å². The summed E-state index contributed by atoms with van der Waals surface area (Å²) in [4.78, 5) is 12.3. The molecule has 0 aliphatic carbocycles. The minimum Gasteiger partial charge on any atom is -0.457 e. The topological polar surface area (TPSA) is 43.3 Å². The van der Waals surface area contributed by atoms with Crippen LogP contribution in [0, 0.1) is 0 Å². The van der Waals surface area contributed by atoms with Crippen molar-refractivity contribution < 1.29 is 9.53 Å². The summed E-state index contributed by atoms with van der Waals surface area (Å²) in [6, 6.07) is 31.7. The first-order valence-electron chi connectivity index (χ1n) is 10.0. The molecule has 1 heterocycles. The van der Waals surface area contributed by atoms with Crippen molar-refractivity contribution in [1.29, 1.82) is 0 Å². The van der Waals surface area contributed by atoms with Gasteiger partial charge in [-0.15, -0.1) is 0 Å². The molecule has 0 fully saturated rings. The first-order chi connectivity index (χ1) is 14.8. The van der Waals surface area contributed by atoms with Gasteiger partial charge in [0, 0.05) is 30.7 Å². The number of nitrogens with one attached hydrogen (secondary N) is 1. The SMILES string of the molecule is O=C(OCc1ccccc1)c1ccc(-n2cccc2CNCc2ccccc2)cc1. The Balaban J connectivity index is 1.36. The van der Waals surface area contributed by atoms with Gasteiger partial charge in [0.25, 0.3) is 0 Å². The number of esters is 1. The maximum Gasteiger partial charge on any atom is 0.338 e. The minimum atomic E-state index is -0.317. The molecule has 4 nitrogen and oxygen atoms in total. The van der Waals surface area contributed by atoms with Gasteiger partial charge in [-0.2, -0.15) is 0 Å². The van der Waals surface area contributed by atoms with Gasteiger partial charge in [0.15, 0.2) is 0 Å². The van der Waals surface area contributed by atoms with Crippen molar-refractivity contribution in [3.63, 3.8) is 0 Å². The number of ether oxygens (including phenoxy) is 1. The summed E-state index contributed by atoms with van der Waals surface area (Å²) in [7, 11) is 0. The lowest BCUT2D eigenvalue weighted by molar-refractivity contribution is 0.0472. The molecule has 0 aliphatic heterocycles. The molecule has 0 saturated carbocycles. The molecule has 1 N–H and O–H groups in total. The largest absolute Gasteiger partial charge is 0.457 e. The molecule has 0 amide bonds. The van der Waals surface area contributed by atoms with E-state index >= 15 is 0 Å². The first kappa shape index (κ1) is 19.7. The highest BCUT2D eigenvalue weighted by Gasteiger charge is 2.09. The quantitative estimate of drug-likeness (QED) is 0.420. The average Bonchev–Trinajstić information content (AvgIpc) is 3.27. The summed E-state index contributed by atoms with van der Waals surface area (Å²) in [6.07, 6.45) is 2.03. The summed E-state index contributed by atoms with van der Waals surface area (Å²) in [5, 5.41) is 3.48. The molecule has 4 aromatic rings. The molecule has 0 bridgehead atoms. The molecule has 0 unspecified atom stereocenters. The van der Waals surface area contributed by atoms with E-state index in [9.17, 15) is 4.79 Å². The van der Waals surface area contributed by atoms with Crippen LogP contribution in [0.15, 0.2) is 103 Å². The Morgan fingerprint density at radius 3 is 2.10 bits per heavy atom. The van der Waals surface area contributed by atoms with Gasteiger partial charge in [-0.05, 0) is 47.5 Å². The maximum absolute atomic E-state index is 12.3. The Labute approximate surface area is 176 Å². The van der Waals surface area contributed by atoms with Crippen molar-refractivity contribution >= 4 is 5.97 Å². The zero-order valence-corrected chi connectivity index (χ0v) is 16.7. The van der Waals surface area contributed by atoms with E-state index < -0.39 is 0 Å². The zero-order chi connectivity index (χ0) is 20.6. The molecule has 0 spiro atoms. The highest BCUT2D eigenvalue weighted by atomic mass is 16.5. The minimum absolute atomic E-state index is 0.274. The number of nitrogens with zero attached hydrogens (tertiary/aromatic N) is 1. The lowest BCUT2D eigenvalue weighted by atomic mass is 10.2. The number of aromatic nitrogens is 1. The van der Waals surface area contributed by atoms with Crippen LogP contribution in [-0.2, 0) is 24.4 Å². The highest BCUT2D eigenvalue weighted by molar-refractivity contribution is 5.89. The van der Waals surface area contributed by atoms with Crippen LogP contribution in [0.5, 0.6) is 0 Å². The summed E-state index contributed by atoms with van der Waals surface area (Å²) in [5.41, 5.74) is 4.95. The van der Waals surface area contributed by atoms with Gasteiger partial charge in [0.2, 0.25) is 0 Å². The van der Waals surface area contributed by atoms with E-state index in [1.807, 2.05) is 85.1 Å². The van der Waals surface area contributed by atoms with Crippen molar-refractivity contribution in [1.82, 2.24) is 9.88 Å². The molecular weight excluding hydrogens is 372 g/mol. The average molecular weight is 396 g/mol. The van der Waals surface area contributed by atoms with E-state index in [1.165, 1.54) is 5.56 Å². The van der Waals surface area contributed by atoms with Gasteiger partial charge in [0.05, 0.1) is 5.56 Å². The molecule has 0 aliphatic rings. The van der Waals surface area contributed by atoms with Crippen LogP contribution in [0.2, 0.25) is 0 Å². The second-order valence-corrected chi connectivity index (χ2v) is 7.07. The van der Waals surface area contributed by atoms with Crippen LogP contribution in [0.3, 0.4) is 0 Å². The van der Waals surface area contributed by atoms with Crippen molar-refractivity contribution in [2.75, 3.05) is 0 Å². The smallest absolute Gasteiger partial charge is 0.338 e. The van der Waals surface area contributed by atoms with E-state index in [1.54, 1.807) is 0 Å². The van der Waals surface area contributed by atoms with Gasteiger partial charge in [-0.25, -0.2) is 4.79 Å². The molecule has 3 aromatic carbocycles. The van der Waals surface area contributed by atoms with Crippen LogP contribution >= 0.6 is 0 Å². The van der Waals surface area contributed by atoms with E-state index in [0.29, 0.717) is 5.56 Å². The number of hydrogen-bond acceptors (Lipinski definition) is 3. The second kappa shape index (κ2) is 9.72. The summed E-state index contributed by atoms with van der Waals surface area (Å²) in [5.74, 6) is -0.317. The summed E-state index contributed by atoms with van der Waals surface area (Å²) < 4.78 is 7.53. The fourth-order valence-electron chi connectivity index (χ4n) is 3.31. The van der Waals surface area contributed by atoms with Gasteiger partial charge in [-0.1, -0.05) is 60.7 Å². The van der Waals surface area contributed by atoms with E-state index in [4.69, 9.17) is 4.74 Å². The highest BCUT2D eigenvalue weighted by Crippen LogP contribution is 2.15. The van der Waals surface area contributed by atoms with Crippen LogP contribution < -0.4 is 5.32 Å². The van der Waals surface area contributed by atoms with Crippen LogP contribution in [0.1, 0.15) is 27.2 Å². The van der Waals surface area contributed by atoms with Gasteiger partial charge in [-0.3, -0.25) is 0 Å². The molecule has 0 atom stereocenters. The zero-order valence-electron chi connectivity index (χ0n) is 16.7. The number of carbonyl (C=O) groups excluding carboxylic acids is 1. The standard InChI is InChI=1S/C26H24N2O2/c29-26(30-20-22-10-5-2-6-11-22)23-13-15-24(16-14-23)28-17-7-12-25(28)19-27-18-21-8-3-1-4-9-21/h1-17,27H,18-20H2. The van der Waals surface area contributed by atoms with Gasteiger partial charge >= 0.3 is 5.97 Å².